The van der Waals surface area contributed by atoms with Crippen LogP contribution in [-0.4, -0.2) is 55.2 Å². The van der Waals surface area contributed by atoms with E-state index in [1.165, 1.54) is 0 Å². The first-order chi connectivity index (χ1) is 14.5. The molecular weight excluding hydrogens is 380 g/mol. The molecule has 1 fully saturated rings. The fourth-order valence-electron chi connectivity index (χ4n) is 4.12. The first kappa shape index (κ1) is 20.3. The number of methoxy groups -OCH3 is 1. The van der Waals surface area contributed by atoms with Crippen LogP contribution in [0.1, 0.15) is 25.3 Å². The molecule has 4 rings (SSSR count). The second-order valence-corrected chi connectivity index (χ2v) is 7.96. The Labute approximate surface area is 176 Å². The molecule has 0 bridgehead atoms. The fourth-order valence-corrected chi connectivity index (χ4v) is 4.12. The maximum Gasteiger partial charge on any atom is 0.347 e. The summed E-state index contributed by atoms with van der Waals surface area (Å²) in [5.41, 5.74) is 1.85. The van der Waals surface area contributed by atoms with Gasteiger partial charge in [-0.05, 0) is 50.7 Å². The summed E-state index contributed by atoms with van der Waals surface area (Å²) >= 11 is 0. The number of benzene rings is 1. The fraction of sp³-hybridized carbons (Fsp3) is 0.435. The second-order valence-electron chi connectivity index (χ2n) is 7.96. The number of hydrogen-bond acceptors (Lipinski definition) is 7. The van der Waals surface area contributed by atoms with Crippen molar-refractivity contribution in [2.45, 2.75) is 32.2 Å². The Kier molecular flexibility index (Phi) is 5.72. The largest absolute Gasteiger partial charge is 0.497 e. The van der Waals surface area contributed by atoms with Crippen molar-refractivity contribution >= 4 is 16.7 Å². The molecule has 0 amide bonds. The van der Waals surface area contributed by atoms with E-state index in [-0.39, 0.29) is 5.63 Å². The normalized spacial score (nSPS) is 16.6. The topological polar surface area (TPSA) is 71.7 Å². The zero-order valence-electron chi connectivity index (χ0n) is 18.0. The van der Waals surface area contributed by atoms with Crippen LogP contribution in [-0.2, 0) is 6.42 Å². The van der Waals surface area contributed by atoms with Crippen LogP contribution in [0.15, 0.2) is 39.7 Å². The van der Waals surface area contributed by atoms with E-state index in [0.717, 1.165) is 49.3 Å². The van der Waals surface area contributed by atoms with Crippen molar-refractivity contribution in [1.29, 1.82) is 0 Å². The summed E-state index contributed by atoms with van der Waals surface area (Å²) in [7, 11) is 5.81. The van der Waals surface area contributed by atoms with Gasteiger partial charge in [0, 0.05) is 31.4 Å². The highest BCUT2D eigenvalue weighted by Crippen LogP contribution is 2.32. The molecule has 1 saturated heterocycles. The lowest BCUT2D eigenvalue weighted by molar-refractivity contribution is 0.315. The van der Waals surface area contributed by atoms with Crippen molar-refractivity contribution in [3.63, 3.8) is 0 Å². The van der Waals surface area contributed by atoms with Gasteiger partial charge in [-0.15, -0.1) is 0 Å². The van der Waals surface area contributed by atoms with Gasteiger partial charge in [0.1, 0.15) is 11.6 Å². The molecule has 1 aromatic carbocycles. The molecule has 3 heterocycles. The number of aromatic nitrogens is 2. The van der Waals surface area contributed by atoms with Gasteiger partial charge in [-0.25, -0.2) is 14.8 Å². The van der Waals surface area contributed by atoms with Gasteiger partial charge in [0.05, 0.1) is 23.6 Å². The summed E-state index contributed by atoms with van der Waals surface area (Å²) in [6.07, 6.45) is 4.51. The average Bonchev–Trinajstić information content (AvgIpc) is 3.24. The van der Waals surface area contributed by atoms with Gasteiger partial charge >= 0.3 is 5.63 Å². The van der Waals surface area contributed by atoms with E-state index >= 15 is 0 Å². The van der Waals surface area contributed by atoms with E-state index in [0.29, 0.717) is 28.6 Å². The molecule has 7 nitrogen and oxygen atoms in total. The van der Waals surface area contributed by atoms with Crippen LogP contribution < -0.4 is 15.3 Å². The smallest absolute Gasteiger partial charge is 0.347 e. The highest BCUT2D eigenvalue weighted by Gasteiger charge is 2.27. The Bertz CT molecular complexity index is 1110. The molecule has 30 heavy (non-hydrogen) atoms. The van der Waals surface area contributed by atoms with Crippen LogP contribution in [0.5, 0.6) is 5.75 Å². The van der Waals surface area contributed by atoms with Crippen molar-refractivity contribution in [1.82, 2.24) is 14.9 Å². The summed E-state index contributed by atoms with van der Waals surface area (Å²) < 4.78 is 11.2. The summed E-state index contributed by atoms with van der Waals surface area (Å²) in [6, 6.07) is 7.92. The van der Waals surface area contributed by atoms with Crippen molar-refractivity contribution in [2.24, 2.45) is 0 Å². The number of pyridine rings is 1. The minimum absolute atomic E-state index is 0.291. The lowest BCUT2D eigenvalue weighted by atomic mass is 10.0. The molecule has 0 spiro atoms. The van der Waals surface area contributed by atoms with Crippen LogP contribution in [0.2, 0.25) is 0 Å². The molecule has 1 atom stereocenters. The third-order valence-corrected chi connectivity index (χ3v) is 5.75. The third kappa shape index (κ3) is 3.77. The number of hydrogen-bond donors (Lipinski definition) is 0. The Balaban J connectivity index is 1.82. The molecule has 0 aliphatic carbocycles. The zero-order valence-corrected chi connectivity index (χ0v) is 18.0. The summed E-state index contributed by atoms with van der Waals surface area (Å²) in [6.45, 7) is 3.86. The number of anilines is 1. The molecule has 7 heteroatoms. The van der Waals surface area contributed by atoms with Gasteiger partial charge < -0.3 is 19.0 Å². The summed E-state index contributed by atoms with van der Waals surface area (Å²) in [4.78, 5) is 26.7. The molecule has 1 aliphatic heterocycles. The summed E-state index contributed by atoms with van der Waals surface area (Å²) in [5, 5.41) is 0.528. The molecule has 0 radical (unpaired) electrons. The number of rotatable bonds is 6. The van der Waals surface area contributed by atoms with Crippen LogP contribution in [0.3, 0.4) is 0 Å². The minimum Gasteiger partial charge on any atom is -0.497 e. The van der Waals surface area contributed by atoms with Crippen LogP contribution in [0, 0.1) is 0 Å². The van der Waals surface area contributed by atoms with Crippen molar-refractivity contribution in [3.05, 3.63) is 46.4 Å². The molecule has 158 valence electrons. The molecular formula is C23H28N4O3. The highest BCUT2D eigenvalue weighted by atomic mass is 16.5. The predicted molar refractivity (Wildman–Crippen MR) is 118 cm³/mol. The maximum absolute atomic E-state index is 13.0. The second kappa shape index (κ2) is 8.44. The van der Waals surface area contributed by atoms with E-state index in [1.807, 2.05) is 18.2 Å². The van der Waals surface area contributed by atoms with E-state index < -0.39 is 0 Å². The van der Waals surface area contributed by atoms with E-state index in [2.05, 4.69) is 35.8 Å². The SMILES string of the molecule is CCCc1cc(OC)cc2nc(-c3cccnc3N3CC[C@H](N(C)C)C3)oc(=O)c12. The monoisotopic (exact) mass is 408 g/mol. The number of nitrogens with zero attached hydrogens (tertiary/aromatic N) is 4. The first-order valence-electron chi connectivity index (χ1n) is 10.4. The Hall–Kier alpha value is -2.93. The first-order valence-corrected chi connectivity index (χ1v) is 10.4. The van der Waals surface area contributed by atoms with Gasteiger partial charge in [0.15, 0.2) is 0 Å². The van der Waals surface area contributed by atoms with Gasteiger partial charge in [0.2, 0.25) is 5.89 Å². The minimum atomic E-state index is -0.372. The number of ether oxygens (including phenoxy) is 1. The number of likely N-dealkylation sites (N-methyl/N-ethyl adjacent to an activating group) is 1. The maximum atomic E-state index is 13.0. The van der Waals surface area contributed by atoms with E-state index in [4.69, 9.17) is 14.1 Å². The zero-order chi connectivity index (χ0) is 21.3. The molecule has 0 unspecified atom stereocenters. The van der Waals surface area contributed by atoms with Crippen molar-refractivity contribution in [2.75, 3.05) is 39.2 Å². The lowest BCUT2D eigenvalue weighted by Crippen LogP contribution is -2.31. The highest BCUT2D eigenvalue weighted by molar-refractivity contribution is 5.84. The van der Waals surface area contributed by atoms with E-state index in [9.17, 15) is 4.79 Å². The predicted octanol–water partition coefficient (Wildman–Crippen LogP) is 3.35. The van der Waals surface area contributed by atoms with Crippen molar-refractivity contribution < 1.29 is 9.15 Å². The van der Waals surface area contributed by atoms with Crippen LogP contribution in [0.4, 0.5) is 5.82 Å². The Morgan fingerprint density at radius 2 is 2.17 bits per heavy atom. The van der Waals surface area contributed by atoms with Gasteiger partial charge in [-0.3, -0.25) is 0 Å². The third-order valence-electron chi connectivity index (χ3n) is 5.75. The number of fused-ring (bicyclic) bond motifs is 1. The van der Waals surface area contributed by atoms with Crippen LogP contribution in [0.25, 0.3) is 22.4 Å². The Morgan fingerprint density at radius 3 is 2.87 bits per heavy atom. The standard InChI is InChI=1S/C23H28N4O3/c1-5-7-15-12-17(29-4)13-19-20(15)23(28)30-22(25-19)18-8-6-10-24-21(18)27-11-9-16(14-27)26(2)3/h6,8,10,12-13,16H,5,7,9,11,14H2,1-4H3/t16-/m0/s1. The lowest BCUT2D eigenvalue weighted by Gasteiger charge is -2.22. The molecule has 0 N–H and O–H groups in total. The Morgan fingerprint density at radius 1 is 1.33 bits per heavy atom. The quantitative estimate of drug-likeness (QED) is 0.619. The molecule has 3 aromatic rings. The average molecular weight is 409 g/mol. The molecule has 2 aromatic heterocycles. The van der Waals surface area contributed by atoms with E-state index in [1.54, 1.807) is 19.4 Å². The summed E-state index contributed by atoms with van der Waals surface area (Å²) in [5.74, 6) is 1.78. The number of aryl methyl sites for hydroxylation is 1. The van der Waals surface area contributed by atoms with Gasteiger partial charge in [0.25, 0.3) is 0 Å². The molecule has 0 saturated carbocycles. The van der Waals surface area contributed by atoms with Gasteiger partial charge in [-0.2, -0.15) is 0 Å². The molecule has 1 aliphatic rings. The van der Waals surface area contributed by atoms with Crippen LogP contribution >= 0.6 is 0 Å². The van der Waals surface area contributed by atoms with Crippen molar-refractivity contribution in [3.8, 4) is 17.2 Å². The van der Waals surface area contributed by atoms with Gasteiger partial charge in [-0.1, -0.05) is 13.3 Å².